The summed E-state index contributed by atoms with van der Waals surface area (Å²) in [5.74, 6) is 0.783. The summed E-state index contributed by atoms with van der Waals surface area (Å²) in [4.78, 5) is 36.3. The molecular weight excluding hydrogens is 538 g/mol. The predicted molar refractivity (Wildman–Crippen MR) is 146 cm³/mol. The number of rotatable bonds is 18. The lowest BCUT2D eigenvalue weighted by Gasteiger charge is -2.16. The molecule has 0 bridgehead atoms. The Kier molecular flexibility index (Phi) is 12.0. The topological polar surface area (TPSA) is 137 Å². The molecule has 0 aromatic heterocycles. The summed E-state index contributed by atoms with van der Waals surface area (Å²) >= 11 is 0. The Morgan fingerprint density at radius 3 is 2.17 bits per heavy atom. The largest absolute Gasteiger partial charge is 0.491 e. The van der Waals surface area contributed by atoms with Gasteiger partial charge >= 0.3 is 5.97 Å². The van der Waals surface area contributed by atoms with E-state index in [0.717, 1.165) is 0 Å². The molecule has 0 unspecified atom stereocenters. The normalized spacial score (nSPS) is 12.0. The Bertz CT molecular complexity index is 1260. The van der Waals surface area contributed by atoms with Gasteiger partial charge in [-0.05, 0) is 38.1 Å². The van der Waals surface area contributed by atoms with Crippen LogP contribution < -0.4 is 24.3 Å². The molecule has 2 aromatic rings. The Morgan fingerprint density at radius 2 is 1.49 bits per heavy atom. The molecule has 0 atom stereocenters. The summed E-state index contributed by atoms with van der Waals surface area (Å²) in [7, 11) is 0. The van der Waals surface area contributed by atoms with Gasteiger partial charge in [0.1, 0.15) is 42.6 Å². The maximum Gasteiger partial charge on any atom is 0.319 e. The van der Waals surface area contributed by atoms with Gasteiger partial charge in [0.2, 0.25) is 0 Å². The molecule has 12 heteroatoms. The standard InChI is InChI=1S/C29H33NO11/c1-19(2)39-17-34-9-11-36-21-6-8-26(37-12-10-35-18-40-20(3)4)24(13-21)30-28(32)16-38-22-5-7-23-25(31)15-29(33)41-27(23)14-22/h5-8,13-14H,1,3,9-12,15-18H2,2,4H3,(H,30,32). The highest BCUT2D eigenvalue weighted by Gasteiger charge is 2.25. The number of ether oxygens (including phenoxy) is 8. The van der Waals surface area contributed by atoms with E-state index in [-0.39, 0.29) is 75.9 Å². The lowest BCUT2D eigenvalue weighted by molar-refractivity contribution is -0.133. The van der Waals surface area contributed by atoms with Gasteiger partial charge in [0.15, 0.2) is 26.0 Å². The van der Waals surface area contributed by atoms with E-state index in [2.05, 4.69) is 18.5 Å². The molecule has 12 nitrogen and oxygen atoms in total. The van der Waals surface area contributed by atoms with E-state index in [9.17, 15) is 14.4 Å². The maximum absolute atomic E-state index is 12.7. The molecule has 1 N–H and O–H groups in total. The maximum atomic E-state index is 12.7. The van der Waals surface area contributed by atoms with Crippen LogP contribution in [0.1, 0.15) is 30.6 Å². The minimum absolute atomic E-state index is 0.0436. The van der Waals surface area contributed by atoms with Crippen molar-refractivity contribution < 1.29 is 52.3 Å². The first kappa shape index (κ1) is 31.0. The van der Waals surface area contributed by atoms with Crippen LogP contribution in [0.2, 0.25) is 0 Å². The summed E-state index contributed by atoms with van der Waals surface area (Å²) in [5, 5.41) is 2.74. The third kappa shape index (κ3) is 10.9. The molecule has 0 radical (unpaired) electrons. The third-order valence-corrected chi connectivity index (χ3v) is 5.14. The van der Waals surface area contributed by atoms with Crippen LogP contribution in [0.15, 0.2) is 61.1 Å². The fraction of sp³-hybridized carbons (Fsp3) is 0.345. The number of benzene rings is 2. The van der Waals surface area contributed by atoms with Crippen molar-refractivity contribution in [2.24, 2.45) is 0 Å². The molecule has 0 saturated heterocycles. The number of ketones is 1. The predicted octanol–water partition coefficient (Wildman–Crippen LogP) is 4.00. The SMILES string of the molecule is C=C(C)OCOCCOc1ccc(OCCOCOC(=C)C)c(NC(=O)COc2ccc3c(c2)OC(=O)CC3=O)c1. The number of esters is 1. The Morgan fingerprint density at radius 1 is 0.854 bits per heavy atom. The van der Waals surface area contributed by atoms with Crippen molar-refractivity contribution in [2.45, 2.75) is 20.3 Å². The van der Waals surface area contributed by atoms with E-state index in [1.165, 1.54) is 18.2 Å². The van der Waals surface area contributed by atoms with Crippen LogP contribution in [-0.4, -0.2) is 64.3 Å². The van der Waals surface area contributed by atoms with Crippen LogP contribution in [0.4, 0.5) is 5.69 Å². The summed E-state index contributed by atoms with van der Waals surface area (Å²) < 4.78 is 43.1. The number of hydrogen-bond acceptors (Lipinski definition) is 11. The average molecular weight is 572 g/mol. The van der Waals surface area contributed by atoms with E-state index in [1.807, 2.05) is 0 Å². The van der Waals surface area contributed by atoms with Crippen LogP contribution in [0.3, 0.4) is 0 Å². The van der Waals surface area contributed by atoms with E-state index >= 15 is 0 Å². The van der Waals surface area contributed by atoms with Gasteiger partial charge in [0, 0.05) is 12.1 Å². The van der Waals surface area contributed by atoms with Gasteiger partial charge in [0.05, 0.1) is 36.0 Å². The summed E-state index contributed by atoms with van der Waals surface area (Å²) in [6.07, 6.45) is -0.312. The highest BCUT2D eigenvalue weighted by Crippen LogP contribution is 2.31. The van der Waals surface area contributed by atoms with Crippen molar-refractivity contribution in [1.82, 2.24) is 0 Å². The molecular formula is C29H33NO11. The van der Waals surface area contributed by atoms with E-state index < -0.39 is 11.9 Å². The molecule has 2 aromatic carbocycles. The number of carbonyl (C=O) groups excluding carboxylic acids is 3. The van der Waals surface area contributed by atoms with Crippen molar-refractivity contribution in [3.05, 3.63) is 66.6 Å². The van der Waals surface area contributed by atoms with Gasteiger partial charge in [0.25, 0.3) is 5.91 Å². The van der Waals surface area contributed by atoms with Crippen LogP contribution in [0, 0.1) is 0 Å². The van der Waals surface area contributed by atoms with Crippen LogP contribution >= 0.6 is 0 Å². The lowest BCUT2D eigenvalue weighted by Crippen LogP contribution is -2.22. The molecule has 1 heterocycles. The van der Waals surface area contributed by atoms with Gasteiger partial charge < -0.3 is 43.2 Å². The number of carbonyl (C=O) groups is 3. The van der Waals surface area contributed by atoms with E-state index in [1.54, 1.807) is 32.0 Å². The second kappa shape index (κ2) is 15.9. The molecule has 41 heavy (non-hydrogen) atoms. The van der Waals surface area contributed by atoms with Gasteiger partial charge in [-0.2, -0.15) is 0 Å². The number of amides is 1. The number of nitrogens with one attached hydrogen (secondary N) is 1. The number of anilines is 1. The molecule has 0 fully saturated rings. The summed E-state index contributed by atoms with van der Waals surface area (Å²) in [5.41, 5.74) is 0.620. The lowest BCUT2D eigenvalue weighted by atomic mass is 10.0. The number of Topliss-reactive ketones (excluding diaryl/α,β-unsaturated/α-hetero) is 1. The highest BCUT2D eigenvalue weighted by molar-refractivity contribution is 6.11. The molecule has 1 amide bonds. The van der Waals surface area contributed by atoms with Gasteiger partial charge in [-0.1, -0.05) is 13.2 Å². The smallest absolute Gasteiger partial charge is 0.319 e. The first-order valence-corrected chi connectivity index (χ1v) is 12.6. The van der Waals surface area contributed by atoms with Gasteiger partial charge in [-0.25, -0.2) is 0 Å². The first-order chi connectivity index (χ1) is 19.7. The zero-order valence-corrected chi connectivity index (χ0v) is 23.0. The van der Waals surface area contributed by atoms with Crippen LogP contribution in [0.5, 0.6) is 23.0 Å². The van der Waals surface area contributed by atoms with E-state index in [0.29, 0.717) is 28.7 Å². The van der Waals surface area contributed by atoms with Crippen molar-refractivity contribution in [1.29, 1.82) is 0 Å². The van der Waals surface area contributed by atoms with Gasteiger partial charge in [-0.15, -0.1) is 0 Å². The monoisotopic (exact) mass is 571 g/mol. The number of allylic oxidation sites excluding steroid dienone is 2. The van der Waals surface area contributed by atoms with Crippen molar-refractivity contribution in [3.63, 3.8) is 0 Å². The second-order valence-corrected chi connectivity index (χ2v) is 8.67. The summed E-state index contributed by atoms with van der Waals surface area (Å²) in [6.45, 7) is 11.3. The molecule has 0 saturated carbocycles. The Labute approximate surface area is 237 Å². The van der Waals surface area contributed by atoms with Crippen molar-refractivity contribution in [3.8, 4) is 23.0 Å². The Balaban J connectivity index is 1.58. The molecule has 0 aliphatic carbocycles. The van der Waals surface area contributed by atoms with Crippen molar-refractivity contribution >= 4 is 23.3 Å². The van der Waals surface area contributed by atoms with Crippen LogP contribution in [0.25, 0.3) is 0 Å². The molecule has 3 rings (SSSR count). The Hall–Kier alpha value is -4.55. The zero-order valence-electron chi connectivity index (χ0n) is 23.0. The fourth-order valence-corrected chi connectivity index (χ4v) is 3.28. The number of hydrogen-bond donors (Lipinski definition) is 1. The molecule has 0 spiro atoms. The molecule has 1 aliphatic rings. The van der Waals surface area contributed by atoms with E-state index in [4.69, 9.17) is 37.9 Å². The molecule has 220 valence electrons. The van der Waals surface area contributed by atoms with Gasteiger partial charge in [-0.3, -0.25) is 14.4 Å². The minimum Gasteiger partial charge on any atom is -0.491 e. The first-order valence-electron chi connectivity index (χ1n) is 12.6. The van der Waals surface area contributed by atoms with Crippen LogP contribution in [-0.2, 0) is 28.5 Å². The quantitative estimate of drug-likeness (QED) is 0.0694. The zero-order chi connectivity index (χ0) is 29.6. The minimum atomic E-state index is -0.646. The average Bonchev–Trinajstić information content (AvgIpc) is 2.91. The third-order valence-electron chi connectivity index (χ3n) is 5.14. The van der Waals surface area contributed by atoms with Crippen molar-refractivity contribution in [2.75, 3.05) is 51.9 Å². The highest BCUT2D eigenvalue weighted by atomic mass is 16.7. The fourth-order valence-electron chi connectivity index (χ4n) is 3.28. The number of fused-ring (bicyclic) bond motifs is 1. The molecule has 1 aliphatic heterocycles. The summed E-state index contributed by atoms with van der Waals surface area (Å²) in [6, 6.07) is 9.34. The second-order valence-electron chi connectivity index (χ2n) is 8.67.